The third-order valence-corrected chi connectivity index (χ3v) is 10.8. The van der Waals surface area contributed by atoms with Gasteiger partial charge in [0.25, 0.3) is 0 Å². The second kappa shape index (κ2) is 12.4. The fraction of sp³-hybridized carbons (Fsp3) is 0.149. The topological polar surface area (TPSA) is 55.2 Å². The summed E-state index contributed by atoms with van der Waals surface area (Å²) in [6, 6.07) is 47.9. The van der Waals surface area contributed by atoms with Crippen molar-refractivity contribution in [3.8, 4) is 62.3 Å². The minimum absolute atomic E-state index is 0.168. The molecule has 0 atom stereocenters. The van der Waals surface area contributed by atoms with E-state index in [0.717, 1.165) is 59.2 Å². The Hall–Kier alpha value is -6.00. The van der Waals surface area contributed by atoms with Gasteiger partial charge in [0.15, 0.2) is 0 Å². The molecule has 0 saturated carbocycles. The first-order chi connectivity index (χ1) is 24.9. The Balaban J connectivity index is 1.05. The van der Waals surface area contributed by atoms with Gasteiger partial charge in [0.1, 0.15) is 5.75 Å². The van der Waals surface area contributed by atoms with Gasteiger partial charge in [0.05, 0.1) is 11.4 Å². The van der Waals surface area contributed by atoms with Gasteiger partial charge in [-0.3, -0.25) is 0 Å². The average Bonchev–Trinajstić information content (AvgIpc) is 3.69. The smallest absolute Gasteiger partial charge is 0.222 e. The zero-order valence-electron chi connectivity index (χ0n) is 28.9. The molecule has 5 aromatic carbocycles. The maximum Gasteiger partial charge on any atom is 0.222 e. The quantitative estimate of drug-likeness (QED) is 0.193. The van der Waals surface area contributed by atoms with Crippen molar-refractivity contribution in [3.63, 3.8) is 0 Å². The van der Waals surface area contributed by atoms with E-state index in [-0.39, 0.29) is 11.2 Å². The first-order valence-corrected chi connectivity index (χ1v) is 17.7. The summed E-state index contributed by atoms with van der Waals surface area (Å²) in [6.45, 7) is 4.22. The molecule has 0 radical (unpaired) electrons. The average molecular weight is 663 g/mol. The van der Waals surface area contributed by atoms with Gasteiger partial charge in [-0.05, 0) is 125 Å². The van der Waals surface area contributed by atoms with Crippen molar-refractivity contribution in [2.45, 2.75) is 39.5 Å². The number of benzene rings is 5. The van der Waals surface area contributed by atoms with Crippen molar-refractivity contribution in [2.75, 3.05) is 0 Å². The molecule has 9 rings (SSSR count). The molecular weight excluding hydrogens is 625 g/mol. The van der Waals surface area contributed by atoms with Crippen LogP contribution >= 0.6 is 0 Å². The summed E-state index contributed by atoms with van der Waals surface area (Å²) >= 11 is 0. The van der Waals surface area contributed by atoms with Crippen LogP contribution in [-0.2, 0) is 25.7 Å². The van der Waals surface area contributed by atoms with Gasteiger partial charge in [-0.1, -0.05) is 103 Å². The highest BCUT2D eigenvalue weighted by Gasteiger charge is 2.41. The number of ether oxygens (including phenoxy) is 1. The number of phenolic OH excluding ortho intramolecular Hbond substituents is 1. The van der Waals surface area contributed by atoms with E-state index in [4.69, 9.17) is 14.7 Å². The van der Waals surface area contributed by atoms with Crippen LogP contribution in [0, 0.1) is 19.3 Å². The summed E-state index contributed by atoms with van der Waals surface area (Å²) in [5.74, 6) is 1.04. The van der Waals surface area contributed by atoms with E-state index in [1.165, 1.54) is 33.4 Å². The molecule has 0 aliphatic heterocycles. The molecule has 0 amide bonds. The normalized spacial score (nSPS) is 14.0. The number of aryl methyl sites for hydroxylation is 2. The molecule has 1 N–H and O–H groups in total. The van der Waals surface area contributed by atoms with Crippen LogP contribution in [0.5, 0.6) is 17.5 Å². The molecule has 0 bridgehead atoms. The summed E-state index contributed by atoms with van der Waals surface area (Å²) in [5, 5.41) is 11.0. The number of hydrogen-bond acceptors (Lipinski definition) is 4. The van der Waals surface area contributed by atoms with E-state index in [0.29, 0.717) is 23.0 Å². The highest BCUT2D eigenvalue weighted by Crippen LogP contribution is 2.48. The van der Waals surface area contributed by atoms with E-state index in [1.807, 2.05) is 54.6 Å². The lowest BCUT2D eigenvalue weighted by Gasteiger charge is -2.21. The Kier molecular flexibility index (Phi) is 7.54. The number of aromatic hydroxyl groups is 1. The number of hydrogen-bond donors (Lipinski definition) is 1. The summed E-state index contributed by atoms with van der Waals surface area (Å²) in [7, 11) is 0. The third-order valence-electron chi connectivity index (χ3n) is 10.8. The van der Waals surface area contributed by atoms with Crippen LogP contribution in [-0.4, -0.2) is 15.1 Å². The number of fused-ring (bicyclic) bond motifs is 2. The number of pyridine rings is 2. The molecule has 2 aromatic heterocycles. The SMILES string of the molecule is Cc1cccc(C)c1-c1ccc(O)c(-c2cccc(Oc3cc(-c4ccc5c(c4)CC4(Cc6ccccc6C4)C5)cc(-c4ccccc4)n3)n2)c1. The van der Waals surface area contributed by atoms with Crippen molar-refractivity contribution >= 4 is 0 Å². The maximum absolute atomic E-state index is 11.0. The van der Waals surface area contributed by atoms with Crippen molar-refractivity contribution in [3.05, 3.63) is 173 Å². The molecule has 7 aromatic rings. The molecule has 1 spiro atoms. The van der Waals surface area contributed by atoms with Crippen molar-refractivity contribution in [1.29, 1.82) is 0 Å². The monoisotopic (exact) mass is 662 g/mol. The van der Waals surface area contributed by atoms with Crippen LogP contribution in [0.15, 0.2) is 140 Å². The van der Waals surface area contributed by atoms with Gasteiger partial charge in [-0.2, -0.15) is 0 Å². The Morgan fingerprint density at radius 3 is 1.90 bits per heavy atom. The zero-order chi connectivity index (χ0) is 34.5. The fourth-order valence-corrected chi connectivity index (χ4v) is 8.41. The highest BCUT2D eigenvalue weighted by molar-refractivity contribution is 5.79. The van der Waals surface area contributed by atoms with Gasteiger partial charge in [-0.25, -0.2) is 9.97 Å². The second-order valence-corrected chi connectivity index (χ2v) is 14.4. The van der Waals surface area contributed by atoms with Crippen molar-refractivity contribution < 1.29 is 9.84 Å². The molecule has 0 fully saturated rings. The summed E-state index contributed by atoms with van der Waals surface area (Å²) < 4.78 is 6.46. The molecular formula is C47H38N2O2. The van der Waals surface area contributed by atoms with Crippen molar-refractivity contribution in [1.82, 2.24) is 9.97 Å². The second-order valence-electron chi connectivity index (χ2n) is 14.4. The highest BCUT2D eigenvalue weighted by atomic mass is 16.5. The van der Waals surface area contributed by atoms with E-state index >= 15 is 0 Å². The van der Waals surface area contributed by atoms with Crippen LogP contribution in [0.2, 0.25) is 0 Å². The van der Waals surface area contributed by atoms with Gasteiger partial charge in [0.2, 0.25) is 11.8 Å². The first-order valence-electron chi connectivity index (χ1n) is 17.7. The molecule has 4 nitrogen and oxygen atoms in total. The Labute approximate surface area is 299 Å². The largest absolute Gasteiger partial charge is 0.507 e. The van der Waals surface area contributed by atoms with E-state index in [9.17, 15) is 5.11 Å². The zero-order valence-corrected chi connectivity index (χ0v) is 28.9. The standard InChI is InChI=1S/C47H38N2O2/c1-30-10-8-11-31(2)46(30)34-20-21-43(50)40(23-34)41-16-9-17-44(48-41)51-45-25-38(24-42(49-45)32-12-4-3-5-13-32)33-18-19-37-28-47(29-39(37)22-33)26-35-14-6-7-15-36(35)27-47/h3-25,50H,26-29H2,1-2H3. The fourth-order valence-electron chi connectivity index (χ4n) is 8.41. The Morgan fingerprint density at radius 2 is 1.14 bits per heavy atom. The number of rotatable bonds is 6. The van der Waals surface area contributed by atoms with Gasteiger partial charge in [-0.15, -0.1) is 0 Å². The predicted molar refractivity (Wildman–Crippen MR) is 205 cm³/mol. The van der Waals surface area contributed by atoms with E-state index in [1.54, 1.807) is 6.07 Å². The minimum atomic E-state index is 0.168. The lowest BCUT2D eigenvalue weighted by molar-refractivity contribution is 0.326. The van der Waals surface area contributed by atoms with Crippen LogP contribution in [0.3, 0.4) is 0 Å². The Morgan fingerprint density at radius 1 is 0.490 bits per heavy atom. The van der Waals surface area contributed by atoms with E-state index in [2.05, 4.69) is 92.7 Å². The number of phenols is 1. The van der Waals surface area contributed by atoms with Crippen LogP contribution < -0.4 is 4.74 Å². The first kappa shape index (κ1) is 31.0. The maximum atomic E-state index is 11.0. The molecule has 248 valence electrons. The minimum Gasteiger partial charge on any atom is -0.507 e. The Bertz CT molecular complexity index is 2400. The number of aromatic nitrogens is 2. The molecule has 0 unspecified atom stereocenters. The molecule has 0 saturated heterocycles. The molecule has 2 aliphatic carbocycles. The molecule has 2 aliphatic rings. The van der Waals surface area contributed by atoms with Gasteiger partial charge < -0.3 is 9.84 Å². The number of nitrogens with zero attached hydrogens (tertiary/aromatic N) is 2. The van der Waals surface area contributed by atoms with Gasteiger partial charge in [0, 0.05) is 23.3 Å². The van der Waals surface area contributed by atoms with Gasteiger partial charge >= 0.3 is 0 Å². The lowest BCUT2D eigenvalue weighted by atomic mass is 9.82. The predicted octanol–water partition coefficient (Wildman–Crippen LogP) is 11.1. The van der Waals surface area contributed by atoms with Crippen LogP contribution in [0.4, 0.5) is 0 Å². The summed E-state index contributed by atoms with van der Waals surface area (Å²) in [4.78, 5) is 9.83. The molecule has 4 heteroatoms. The lowest BCUT2D eigenvalue weighted by Crippen LogP contribution is -2.21. The summed E-state index contributed by atoms with van der Waals surface area (Å²) in [6.07, 6.45) is 4.53. The van der Waals surface area contributed by atoms with E-state index < -0.39 is 0 Å². The van der Waals surface area contributed by atoms with Crippen LogP contribution in [0.1, 0.15) is 33.4 Å². The molecule has 2 heterocycles. The van der Waals surface area contributed by atoms with Crippen molar-refractivity contribution in [2.24, 2.45) is 5.41 Å². The third kappa shape index (κ3) is 5.87. The van der Waals surface area contributed by atoms with Crippen LogP contribution in [0.25, 0.3) is 44.8 Å². The summed E-state index contributed by atoms with van der Waals surface area (Å²) in [5.41, 5.74) is 16.1. The molecule has 51 heavy (non-hydrogen) atoms.